The number of aliphatic carboxylic acids is 1. The third-order valence-electron chi connectivity index (χ3n) is 10.4. The van der Waals surface area contributed by atoms with E-state index in [0.717, 1.165) is 57.6 Å². The van der Waals surface area contributed by atoms with E-state index in [1.54, 1.807) is 6.20 Å². The number of aromatic nitrogens is 1. The zero-order valence-electron chi connectivity index (χ0n) is 36.9. The summed E-state index contributed by atoms with van der Waals surface area (Å²) in [6.07, 6.45) is 5.16. The number of nitrogens with zero attached hydrogens (tertiary/aromatic N) is 1. The van der Waals surface area contributed by atoms with E-state index in [9.17, 15) is 19.5 Å². The summed E-state index contributed by atoms with van der Waals surface area (Å²) < 4.78 is 28.5. The van der Waals surface area contributed by atoms with Crippen molar-refractivity contribution in [3.8, 4) is 16.9 Å². The highest BCUT2D eigenvalue weighted by Gasteiger charge is 2.26. The lowest BCUT2D eigenvalue weighted by Crippen LogP contribution is -2.41. The first-order chi connectivity index (χ1) is 30.1. The van der Waals surface area contributed by atoms with E-state index >= 15 is 0 Å². The molecule has 62 heavy (non-hydrogen) atoms. The largest absolute Gasteiger partial charge is 0.491 e. The van der Waals surface area contributed by atoms with Gasteiger partial charge in [0.05, 0.1) is 58.7 Å². The molecule has 0 aliphatic heterocycles. The molecule has 338 valence electrons. The summed E-state index contributed by atoms with van der Waals surface area (Å²) >= 11 is 0. The van der Waals surface area contributed by atoms with Gasteiger partial charge in [0.2, 0.25) is 5.91 Å². The average Bonchev–Trinajstić information content (AvgIpc) is 3.25. The van der Waals surface area contributed by atoms with Gasteiger partial charge in [0.1, 0.15) is 18.2 Å². The van der Waals surface area contributed by atoms with Crippen molar-refractivity contribution in [2.75, 3.05) is 77.9 Å². The molecule has 1 heterocycles. The van der Waals surface area contributed by atoms with Gasteiger partial charge < -0.3 is 45.2 Å². The number of Topliss-reactive ketones (excluding diaryl/α,β-unsaturated/α-hetero) is 1. The van der Waals surface area contributed by atoms with E-state index in [1.807, 2.05) is 79.7 Å². The van der Waals surface area contributed by atoms with Crippen LogP contribution in [-0.4, -0.2) is 106 Å². The molecule has 0 saturated heterocycles. The zero-order valence-corrected chi connectivity index (χ0v) is 36.9. The summed E-state index contributed by atoms with van der Waals surface area (Å²) in [4.78, 5) is 43.1. The quantitative estimate of drug-likeness (QED) is 0.0343. The van der Waals surface area contributed by atoms with E-state index in [4.69, 9.17) is 29.4 Å². The van der Waals surface area contributed by atoms with Crippen LogP contribution in [0.5, 0.6) is 5.75 Å². The van der Waals surface area contributed by atoms with E-state index in [-0.39, 0.29) is 31.0 Å². The fraction of sp³-hybridized carbons (Fsp3) is 0.510. The molecule has 0 unspecified atom stereocenters. The van der Waals surface area contributed by atoms with Crippen LogP contribution in [-0.2, 0) is 33.3 Å². The minimum absolute atomic E-state index is 0.0183. The number of nitrogens with one attached hydrogen (secondary N) is 2. The number of anilines is 1. The summed E-state index contributed by atoms with van der Waals surface area (Å²) in [7, 11) is 0. The lowest BCUT2D eigenvalue weighted by molar-refractivity contribution is -0.137. The molecule has 3 aromatic carbocycles. The number of nitrogens with two attached hydrogens (primary N) is 1. The van der Waals surface area contributed by atoms with Crippen molar-refractivity contribution >= 4 is 34.3 Å². The third-order valence-corrected chi connectivity index (χ3v) is 10.4. The van der Waals surface area contributed by atoms with Crippen LogP contribution in [0.15, 0.2) is 79.0 Å². The SMILES string of the molecule is Cc1ccnc(NCCCC(=O)N[C@@H](CCCCN)C(=O)C[C@@H](CC(=O)O)c2ccc(-c3ccc(OCCOCCOCCOCCOCCC(C)C)c4ccccc34)cc2)c1. The van der Waals surface area contributed by atoms with Crippen LogP contribution >= 0.6 is 0 Å². The van der Waals surface area contributed by atoms with Crippen molar-refractivity contribution in [2.45, 2.75) is 84.1 Å². The van der Waals surface area contributed by atoms with Gasteiger partial charge in [0, 0.05) is 43.5 Å². The Morgan fingerprint density at radius 3 is 2.05 bits per heavy atom. The molecule has 1 amide bonds. The van der Waals surface area contributed by atoms with Crippen molar-refractivity contribution < 1.29 is 43.2 Å². The smallest absolute Gasteiger partial charge is 0.303 e. The molecule has 1 aromatic heterocycles. The molecule has 4 aromatic rings. The van der Waals surface area contributed by atoms with Gasteiger partial charge in [-0.2, -0.15) is 0 Å². The van der Waals surface area contributed by atoms with Gasteiger partial charge in [0.15, 0.2) is 5.78 Å². The highest BCUT2D eigenvalue weighted by atomic mass is 16.6. The molecule has 5 N–H and O–H groups in total. The number of unbranched alkanes of at least 4 members (excludes halogenated alkanes) is 1. The fourth-order valence-electron chi connectivity index (χ4n) is 6.95. The molecular formula is C49H68N4O9. The summed E-state index contributed by atoms with van der Waals surface area (Å²) in [5.74, 6) is 0.148. The number of hydrogen-bond donors (Lipinski definition) is 4. The number of fused-ring (bicyclic) bond motifs is 1. The Hall–Kier alpha value is -4.92. The highest BCUT2D eigenvalue weighted by Crippen LogP contribution is 2.36. The standard InChI is InChI=1S/C49H68N4O9/c1-36(2)20-24-58-25-26-59-27-28-60-29-30-61-31-32-62-46-18-17-41(42-9-4-5-10-43(42)46)39-15-13-38(14-16-39)40(35-49(56)57)34-45(54)44(11-6-7-21-50)53-48(55)12-8-22-51-47-33-37(3)19-23-52-47/h4-5,9-10,13-19,23,33,36,40,44H,6-8,11-12,20-22,24-32,34-35,50H2,1-3H3,(H,51,52)(H,53,55)(H,56,57)/t40-,44-/m0/s1. The van der Waals surface area contributed by atoms with Gasteiger partial charge >= 0.3 is 5.97 Å². The average molecular weight is 857 g/mol. The summed E-state index contributed by atoms with van der Waals surface area (Å²) in [6.45, 7) is 12.0. The molecule has 0 aliphatic carbocycles. The number of carbonyl (C=O) groups is 3. The molecule has 2 atom stereocenters. The molecule has 13 nitrogen and oxygen atoms in total. The Balaban J connectivity index is 1.28. The number of rotatable bonds is 33. The first-order valence-electron chi connectivity index (χ1n) is 22.1. The van der Waals surface area contributed by atoms with Gasteiger partial charge in [-0.1, -0.05) is 68.4 Å². The van der Waals surface area contributed by atoms with Crippen molar-refractivity contribution in [1.82, 2.24) is 10.3 Å². The number of hydrogen-bond acceptors (Lipinski definition) is 11. The van der Waals surface area contributed by atoms with Crippen LogP contribution in [0.25, 0.3) is 21.9 Å². The first-order valence-corrected chi connectivity index (χ1v) is 22.1. The number of aryl methyl sites for hydroxylation is 1. The van der Waals surface area contributed by atoms with Crippen LogP contribution in [0.2, 0.25) is 0 Å². The minimum Gasteiger partial charge on any atom is -0.491 e. The Morgan fingerprint density at radius 1 is 0.742 bits per heavy atom. The van der Waals surface area contributed by atoms with Crippen molar-refractivity contribution in [3.63, 3.8) is 0 Å². The summed E-state index contributed by atoms with van der Waals surface area (Å²) in [5, 5.41) is 18.0. The number of benzene rings is 3. The number of amides is 1. The van der Waals surface area contributed by atoms with Crippen molar-refractivity contribution in [3.05, 3.63) is 90.1 Å². The highest BCUT2D eigenvalue weighted by molar-refractivity contribution is 6.00. The fourth-order valence-corrected chi connectivity index (χ4v) is 6.95. The number of ether oxygens (including phenoxy) is 5. The van der Waals surface area contributed by atoms with Crippen LogP contribution in [0.3, 0.4) is 0 Å². The maximum absolute atomic E-state index is 13.8. The maximum Gasteiger partial charge on any atom is 0.303 e. The van der Waals surface area contributed by atoms with Crippen molar-refractivity contribution in [1.29, 1.82) is 0 Å². The zero-order chi connectivity index (χ0) is 44.4. The van der Waals surface area contributed by atoms with Crippen molar-refractivity contribution in [2.24, 2.45) is 11.7 Å². The molecule has 0 bridgehead atoms. The molecule has 4 rings (SSSR count). The van der Waals surface area contributed by atoms with E-state index in [1.165, 1.54) is 0 Å². The summed E-state index contributed by atoms with van der Waals surface area (Å²) in [6, 6.07) is 22.8. The number of ketones is 1. The van der Waals surface area contributed by atoms with Crippen LogP contribution in [0, 0.1) is 12.8 Å². The van der Waals surface area contributed by atoms with Gasteiger partial charge in [-0.15, -0.1) is 0 Å². The molecule has 0 fully saturated rings. The predicted octanol–water partition coefficient (Wildman–Crippen LogP) is 7.73. The number of carboxylic acid groups (broad SMARTS) is 1. The van der Waals surface area contributed by atoms with Crippen LogP contribution < -0.4 is 21.1 Å². The van der Waals surface area contributed by atoms with E-state index in [2.05, 4.69) is 29.5 Å². The van der Waals surface area contributed by atoms with Gasteiger partial charge in [0.25, 0.3) is 0 Å². The lowest BCUT2D eigenvalue weighted by atomic mass is 9.87. The Labute approximate surface area is 367 Å². The molecule has 0 aliphatic rings. The Morgan fingerprint density at radius 2 is 1.40 bits per heavy atom. The number of pyridine rings is 1. The minimum atomic E-state index is -0.998. The monoisotopic (exact) mass is 856 g/mol. The van der Waals surface area contributed by atoms with E-state index in [0.29, 0.717) is 97.5 Å². The van der Waals surface area contributed by atoms with Gasteiger partial charge in [-0.05, 0) is 97.3 Å². The number of carbonyl (C=O) groups excluding carboxylic acids is 2. The predicted molar refractivity (Wildman–Crippen MR) is 244 cm³/mol. The first kappa shape index (κ1) is 49.7. The Bertz CT molecular complexity index is 1920. The maximum atomic E-state index is 13.8. The topological polar surface area (TPSA) is 181 Å². The summed E-state index contributed by atoms with van der Waals surface area (Å²) in [5.41, 5.74) is 9.50. The van der Waals surface area contributed by atoms with Crippen LogP contribution in [0.4, 0.5) is 5.82 Å². The second kappa shape index (κ2) is 28.6. The lowest BCUT2D eigenvalue weighted by Gasteiger charge is -2.22. The molecule has 13 heteroatoms. The molecular weight excluding hydrogens is 789 g/mol. The second-order valence-corrected chi connectivity index (χ2v) is 15.9. The Kier molecular flexibility index (Phi) is 23.0. The third kappa shape index (κ3) is 18.6. The molecule has 0 saturated carbocycles. The van der Waals surface area contributed by atoms with E-state index < -0.39 is 17.9 Å². The number of carboxylic acids is 1. The molecule has 0 radical (unpaired) electrons. The van der Waals surface area contributed by atoms with Crippen LogP contribution in [0.1, 0.15) is 82.3 Å². The normalized spacial score (nSPS) is 12.3. The second-order valence-electron chi connectivity index (χ2n) is 15.9. The van der Waals surface area contributed by atoms with Gasteiger partial charge in [-0.3, -0.25) is 14.4 Å². The molecule has 0 spiro atoms. The van der Waals surface area contributed by atoms with Gasteiger partial charge in [-0.25, -0.2) is 4.98 Å².